The SMILES string of the molecule is Cc1ccc(-c2n[nH]c(=S)o2)o1. The molecule has 1 N–H and O–H groups in total. The lowest BCUT2D eigenvalue weighted by atomic mass is 10.4. The summed E-state index contributed by atoms with van der Waals surface area (Å²) in [5, 5.41) is 6.32. The minimum atomic E-state index is 0.249. The Morgan fingerprint density at radius 1 is 1.42 bits per heavy atom. The average molecular weight is 182 g/mol. The standard InChI is InChI=1S/C7H6N2O2S/c1-4-2-3-5(10-4)6-8-9-7(12)11-6/h2-3H,1H3,(H,9,12). The fourth-order valence-electron chi connectivity index (χ4n) is 0.885. The summed E-state index contributed by atoms with van der Waals surface area (Å²) in [6.45, 7) is 1.85. The fourth-order valence-corrected chi connectivity index (χ4v) is 1.01. The van der Waals surface area contributed by atoms with Crippen molar-refractivity contribution in [3.63, 3.8) is 0 Å². The summed E-state index contributed by atoms with van der Waals surface area (Å²) in [6.07, 6.45) is 0. The maximum Gasteiger partial charge on any atom is 0.284 e. The Morgan fingerprint density at radius 3 is 2.75 bits per heavy atom. The molecule has 0 spiro atoms. The van der Waals surface area contributed by atoms with Crippen molar-refractivity contribution in [2.45, 2.75) is 6.92 Å². The molecule has 0 radical (unpaired) electrons. The molecule has 2 aromatic rings. The summed E-state index contributed by atoms with van der Waals surface area (Å²) in [7, 11) is 0. The van der Waals surface area contributed by atoms with Gasteiger partial charge in [0.15, 0.2) is 5.76 Å². The van der Waals surface area contributed by atoms with Gasteiger partial charge in [0.25, 0.3) is 10.7 Å². The molecule has 12 heavy (non-hydrogen) atoms. The van der Waals surface area contributed by atoms with Crippen molar-refractivity contribution < 1.29 is 8.83 Å². The van der Waals surface area contributed by atoms with Crippen LogP contribution in [0, 0.1) is 11.8 Å². The number of H-pyrrole nitrogens is 1. The molecular weight excluding hydrogens is 176 g/mol. The fraction of sp³-hybridized carbons (Fsp3) is 0.143. The second kappa shape index (κ2) is 2.60. The third kappa shape index (κ3) is 1.18. The number of furan rings is 1. The molecule has 0 saturated heterocycles. The Balaban J connectivity index is 2.50. The highest BCUT2D eigenvalue weighted by molar-refractivity contribution is 7.71. The van der Waals surface area contributed by atoms with Crippen molar-refractivity contribution in [3.05, 3.63) is 22.7 Å². The van der Waals surface area contributed by atoms with Gasteiger partial charge in [-0.05, 0) is 31.3 Å². The second-order valence-electron chi connectivity index (χ2n) is 2.33. The van der Waals surface area contributed by atoms with Crippen LogP contribution >= 0.6 is 12.2 Å². The van der Waals surface area contributed by atoms with Crippen molar-refractivity contribution in [2.75, 3.05) is 0 Å². The zero-order valence-corrected chi connectivity index (χ0v) is 7.14. The predicted octanol–water partition coefficient (Wildman–Crippen LogP) is 2.30. The molecule has 0 aliphatic carbocycles. The normalized spacial score (nSPS) is 10.4. The lowest BCUT2D eigenvalue weighted by molar-refractivity contribution is 0.494. The molecular formula is C7H6N2O2S. The highest BCUT2D eigenvalue weighted by Gasteiger charge is 2.07. The van der Waals surface area contributed by atoms with Crippen LogP contribution in [-0.2, 0) is 0 Å². The average Bonchev–Trinajstić information content (AvgIpc) is 2.58. The lowest BCUT2D eigenvalue weighted by Gasteiger charge is -1.84. The zero-order chi connectivity index (χ0) is 8.55. The molecule has 2 rings (SSSR count). The first kappa shape index (κ1) is 7.30. The number of nitrogens with zero attached hydrogens (tertiary/aromatic N) is 1. The van der Waals surface area contributed by atoms with Gasteiger partial charge in [-0.25, -0.2) is 5.10 Å². The Hall–Kier alpha value is -1.36. The maximum absolute atomic E-state index is 5.26. The van der Waals surface area contributed by atoms with Crippen LogP contribution in [0.4, 0.5) is 0 Å². The number of rotatable bonds is 1. The maximum atomic E-state index is 5.26. The van der Waals surface area contributed by atoms with Crippen molar-refractivity contribution in [3.8, 4) is 11.7 Å². The molecule has 4 nitrogen and oxygen atoms in total. The molecule has 0 saturated carbocycles. The zero-order valence-electron chi connectivity index (χ0n) is 6.33. The van der Waals surface area contributed by atoms with Crippen LogP contribution in [0.25, 0.3) is 11.7 Å². The van der Waals surface area contributed by atoms with E-state index >= 15 is 0 Å². The molecule has 2 aromatic heterocycles. The highest BCUT2D eigenvalue weighted by Crippen LogP contribution is 2.18. The Morgan fingerprint density at radius 2 is 2.25 bits per heavy atom. The van der Waals surface area contributed by atoms with Crippen LogP contribution in [0.3, 0.4) is 0 Å². The summed E-state index contributed by atoms with van der Waals surface area (Å²) < 4.78 is 10.3. The van der Waals surface area contributed by atoms with Crippen LogP contribution in [0.5, 0.6) is 0 Å². The van der Waals surface area contributed by atoms with Crippen LogP contribution in [0.1, 0.15) is 5.76 Å². The van der Waals surface area contributed by atoms with Crippen molar-refractivity contribution in [1.82, 2.24) is 10.2 Å². The van der Waals surface area contributed by atoms with Gasteiger partial charge in [-0.1, -0.05) is 0 Å². The van der Waals surface area contributed by atoms with E-state index in [1.54, 1.807) is 6.07 Å². The third-order valence-electron chi connectivity index (χ3n) is 1.39. The van der Waals surface area contributed by atoms with Gasteiger partial charge >= 0.3 is 0 Å². The van der Waals surface area contributed by atoms with Crippen LogP contribution in [0.15, 0.2) is 21.0 Å². The molecule has 0 bridgehead atoms. The van der Waals surface area contributed by atoms with Crippen molar-refractivity contribution in [2.24, 2.45) is 0 Å². The first-order chi connectivity index (χ1) is 5.75. The highest BCUT2D eigenvalue weighted by atomic mass is 32.1. The van der Waals surface area contributed by atoms with Gasteiger partial charge in [0, 0.05) is 0 Å². The number of aromatic nitrogens is 2. The molecule has 0 amide bonds. The topological polar surface area (TPSA) is 55.0 Å². The first-order valence-electron chi connectivity index (χ1n) is 3.38. The molecule has 5 heteroatoms. The van der Waals surface area contributed by atoms with Crippen molar-refractivity contribution in [1.29, 1.82) is 0 Å². The van der Waals surface area contributed by atoms with Gasteiger partial charge in [-0.15, -0.1) is 5.10 Å². The Kier molecular flexibility index (Phi) is 1.58. The van der Waals surface area contributed by atoms with E-state index in [4.69, 9.17) is 21.1 Å². The van der Waals surface area contributed by atoms with Crippen molar-refractivity contribution >= 4 is 12.2 Å². The molecule has 0 atom stereocenters. The van der Waals surface area contributed by atoms with Gasteiger partial charge in [-0.2, -0.15) is 0 Å². The van der Waals surface area contributed by atoms with E-state index in [2.05, 4.69) is 10.2 Å². The summed E-state index contributed by atoms with van der Waals surface area (Å²) in [6, 6.07) is 3.62. The van der Waals surface area contributed by atoms with E-state index in [9.17, 15) is 0 Å². The number of nitrogens with one attached hydrogen (secondary N) is 1. The van der Waals surface area contributed by atoms with E-state index in [0.717, 1.165) is 5.76 Å². The number of aromatic amines is 1. The van der Waals surface area contributed by atoms with E-state index in [1.165, 1.54) is 0 Å². The Bertz CT molecular complexity index is 440. The predicted molar refractivity (Wildman–Crippen MR) is 44.1 cm³/mol. The summed E-state index contributed by atoms with van der Waals surface area (Å²) >= 11 is 4.71. The molecule has 0 aromatic carbocycles. The van der Waals surface area contributed by atoms with Crippen LogP contribution in [0.2, 0.25) is 0 Å². The molecule has 2 heterocycles. The number of hydrogen-bond donors (Lipinski definition) is 1. The van der Waals surface area contributed by atoms with E-state index < -0.39 is 0 Å². The van der Waals surface area contributed by atoms with Crippen LogP contribution in [-0.4, -0.2) is 10.2 Å². The molecule has 0 unspecified atom stereocenters. The van der Waals surface area contributed by atoms with Gasteiger partial charge in [0.05, 0.1) is 0 Å². The Labute approximate surface area is 73.2 Å². The monoisotopic (exact) mass is 182 g/mol. The van der Waals surface area contributed by atoms with Gasteiger partial charge < -0.3 is 8.83 Å². The molecule has 0 aliphatic rings. The van der Waals surface area contributed by atoms with E-state index in [0.29, 0.717) is 11.7 Å². The number of hydrogen-bond acceptors (Lipinski definition) is 4. The molecule has 62 valence electrons. The van der Waals surface area contributed by atoms with Gasteiger partial charge in [0.1, 0.15) is 5.76 Å². The summed E-state index contributed by atoms with van der Waals surface area (Å²) in [4.78, 5) is 0.249. The summed E-state index contributed by atoms with van der Waals surface area (Å²) in [5.74, 6) is 1.78. The summed E-state index contributed by atoms with van der Waals surface area (Å²) in [5.41, 5.74) is 0. The minimum Gasteiger partial charge on any atom is -0.456 e. The molecule has 0 aliphatic heterocycles. The van der Waals surface area contributed by atoms with E-state index in [-0.39, 0.29) is 4.84 Å². The minimum absolute atomic E-state index is 0.249. The van der Waals surface area contributed by atoms with E-state index in [1.807, 2.05) is 13.0 Å². The largest absolute Gasteiger partial charge is 0.456 e. The molecule has 0 fully saturated rings. The number of aryl methyl sites for hydroxylation is 1. The first-order valence-corrected chi connectivity index (χ1v) is 3.79. The quantitative estimate of drug-likeness (QED) is 0.687. The third-order valence-corrected chi connectivity index (χ3v) is 1.56. The van der Waals surface area contributed by atoms with Gasteiger partial charge in [-0.3, -0.25) is 0 Å². The van der Waals surface area contributed by atoms with Crippen LogP contribution < -0.4 is 0 Å². The second-order valence-corrected chi connectivity index (χ2v) is 2.70. The smallest absolute Gasteiger partial charge is 0.284 e. The lowest BCUT2D eigenvalue weighted by Crippen LogP contribution is -1.71. The van der Waals surface area contributed by atoms with Gasteiger partial charge in [0.2, 0.25) is 0 Å².